The molecule has 2 heterocycles. The summed E-state index contributed by atoms with van der Waals surface area (Å²) in [6, 6.07) is 14.3. The smallest absolute Gasteiger partial charge is 0.167 e. The van der Waals surface area contributed by atoms with Crippen LogP contribution in [0.5, 0.6) is 0 Å². The van der Waals surface area contributed by atoms with Crippen molar-refractivity contribution in [2.75, 3.05) is 5.73 Å². The number of Topliss-reactive ketones (excluding diaryl/α,β-unsaturated/α-hetero) is 1. The van der Waals surface area contributed by atoms with Crippen molar-refractivity contribution >= 4 is 22.5 Å². The van der Waals surface area contributed by atoms with Gasteiger partial charge in [0.25, 0.3) is 0 Å². The van der Waals surface area contributed by atoms with E-state index in [9.17, 15) is 9.18 Å². The molecule has 5 rings (SSSR count). The summed E-state index contributed by atoms with van der Waals surface area (Å²) in [4.78, 5) is 17.7. The van der Waals surface area contributed by atoms with Crippen molar-refractivity contribution < 1.29 is 9.18 Å². The minimum atomic E-state index is -0.355. The zero-order chi connectivity index (χ0) is 20.1. The van der Waals surface area contributed by atoms with E-state index in [1.165, 1.54) is 12.1 Å². The lowest BCUT2D eigenvalue weighted by Crippen LogP contribution is -2.22. The van der Waals surface area contributed by atoms with Crippen LogP contribution in [0.1, 0.15) is 39.5 Å². The number of benzene rings is 2. The Morgan fingerprint density at radius 1 is 1.14 bits per heavy atom. The van der Waals surface area contributed by atoms with Crippen molar-refractivity contribution in [3.63, 3.8) is 0 Å². The maximum Gasteiger partial charge on any atom is 0.167 e. The number of hydrogen-bond acceptors (Lipinski definition) is 4. The van der Waals surface area contributed by atoms with Gasteiger partial charge in [-0.1, -0.05) is 30.3 Å². The van der Waals surface area contributed by atoms with Crippen LogP contribution in [-0.2, 0) is 6.42 Å². The summed E-state index contributed by atoms with van der Waals surface area (Å²) in [5.41, 5.74) is 11.4. The van der Waals surface area contributed by atoms with E-state index in [1.807, 2.05) is 12.1 Å². The number of ketones is 1. The predicted octanol–water partition coefficient (Wildman–Crippen LogP) is 4.36. The van der Waals surface area contributed by atoms with Gasteiger partial charge in [-0.05, 0) is 48.6 Å². The molecule has 1 unspecified atom stereocenters. The summed E-state index contributed by atoms with van der Waals surface area (Å²) in [5, 5.41) is 4.96. The summed E-state index contributed by atoms with van der Waals surface area (Å²) < 4.78 is 15.3. The van der Waals surface area contributed by atoms with E-state index in [0.29, 0.717) is 46.5 Å². The first-order valence-electron chi connectivity index (χ1n) is 9.53. The van der Waals surface area contributed by atoms with Crippen LogP contribution in [0.15, 0.2) is 54.7 Å². The molecule has 1 aliphatic rings. The fraction of sp³-hybridized carbons (Fsp3) is 0.174. The van der Waals surface area contributed by atoms with E-state index < -0.39 is 0 Å². The highest BCUT2D eigenvalue weighted by Crippen LogP contribution is 2.38. The first-order valence-corrected chi connectivity index (χ1v) is 9.53. The molecular weight excluding hydrogens is 367 g/mol. The van der Waals surface area contributed by atoms with Crippen LogP contribution in [0.3, 0.4) is 0 Å². The molecule has 2 aromatic heterocycles. The lowest BCUT2D eigenvalue weighted by molar-refractivity contribution is 0.0964. The number of aryl methyl sites for hydroxylation is 1. The number of pyridine rings is 1. The maximum atomic E-state index is 13.7. The van der Waals surface area contributed by atoms with Crippen molar-refractivity contribution in [3.8, 4) is 5.69 Å². The second-order valence-electron chi connectivity index (χ2n) is 7.51. The molecule has 144 valence electrons. The molecule has 2 aromatic carbocycles. The molecule has 1 aliphatic carbocycles. The number of hydrogen-bond donors (Lipinski definition) is 1. The summed E-state index contributed by atoms with van der Waals surface area (Å²) >= 11 is 0. The molecule has 1 atom stereocenters. The fourth-order valence-electron chi connectivity index (χ4n) is 4.27. The monoisotopic (exact) mass is 386 g/mol. The number of carbonyl (C=O) groups is 1. The van der Waals surface area contributed by atoms with Gasteiger partial charge in [0.15, 0.2) is 11.4 Å². The SMILES string of the molecule is Cc1ccccc1C1CC(=O)c2c(nc3c(cnn3-c3cccc(F)c3)c2N)C1. The van der Waals surface area contributed by atoms with Gasteiger partial charge < -0.3 is 5.73 Å². The van der Waals surface area contributed by atoms with Crippen LogP contribution in [-0.4, -0.2) is 20.5 Å². The Labute approximate surface area is 167 Å². The number of nitrogens with zero attached hydrogens (tertiary/aromatic N) is 3. The summed E-state index contributed by atoms with van der Waals surface area (Å²) in [5.74, 6) is -0.289. The number of anilines is 1. The van der Waals surface area contributed by atoms with Crippen LogP contribution < -0.4 is 5.73 Å². The maximum absolute atomic E-state index is 13.7. The number of nitrogens with two attached hydrogens (primary N) is 1. The Morgan fingerprint density at radius 3 is 2.76 bits per heavy atom. The average Bonchev–Trinajstić information content (AvgIpc) is 3.12. The Bertz CT molecular complexity index is 1280. The van der Waals surface area contributed by atoms with Crippen molar-refractivity contribution in [2.45, 2.75) is 25.7 Å². The van der Waals surface area contributed by atoms with Gasteiger partial charge in [0.05, 0.1) is 34.2 Å². The lowest BCUT2D eigenvalue weighted by Gasteiger charge is -2.25. The van der Waals surface area contributed by atoms with Gasteiger partial charge in [-0.3, -0.25) is 4.79 Å². The first-order chi connectivity index (χ1) is 14.0. The fourth-order valence-corrected chi connectivity index (χ4v) is 4.27. The van der Waals surface area contributed by atoms with Gasteiger partial charge in [0, 0.05) is 6.42 Å². The molecular formula is C23H19FN4O. The molecule has 0 saturated carbocycles. The summed E-state index contributed by atoms with van der Waals surface area (Å²) in [6.07, 6.45) is 2.62. The molecule has 0 aliphatic heterocycles. The topological polar surface area (TPSA) is 73.8 Å². The minimum absolute atomic E-state index is 0.00455. The van der Waals surface area contributed by atoms with Crippen LogP contribution >= 0.6 is 0 Å². The van der Waals surface area contributed by atoms with Crippen molar-refractivity contribution in [2.24, 2.45) is 0 Å². The number of rotatable bonds is 2. The highest BCUT2D eigenvalue weighted by molar-refractivity contribution is 6.09. The third-order valence-electron chi connectivity index (χ3n) is 5.66. The van der Waals surface area contributed by atoms with Gasteiger partial charge in [-0.2, -0.15) is 5.10 Å². The molecule has 29 heavy (non-hydrogen) atoms. The van der Waals surface area contributed by atoms with Crippen LogP contribution in [0.2, 0.25) is 0 Å². The molecule has 5 nitrogen and oxygen atoms in total. The molecule has 0 amide bonds. The predicted molar refractivity (Wildman–Crippen MR) is 110 cm³/mol. The minimum Gasteiger partial charge on any atom is -0.397 e. The Kier molecular flexibility index (Phi) is 3.94. The Balaban J connectivity index is 1.67. The molecule has 4 aromatic rings. The normalized spacial score (nSPS) is 16.2. The highest BCUT2D eigenvalue weighted by Gasteiger charge is 2.31. The number of nitrogen functional groups attached to an aromatic ring is 1. The van der Waals surface area contributed by atoms with E-state index >= 15 is 0 Å². The van der Waals surface area contributed by atoms with Crippen LogP contribution in [0.4, 0.5) is 10.1 Å². The average molecular weight is 386 g/mol. The van der Waals surface area contributed by atoms with Gasteiger partial charge >= 0.3 is 0 Å². The third-order valence-corrected chi connectivity index (χ3v) is 5.66. The third kappa shape index (κ3) is 2.79. The van der Waals surface area contributed by atoms with Gasteiger partial charge in [0.2, 0.25) is 0 Å². The zero-order valence-corrected chi connectivity index (χ0v) is 15.9. The second kappa shape index (κ2) is 6.51. The molecule has 6 heteroatoms. The number of aromatic nitrogens is 3. The molecule has 0 radical (unpaired) electrons. The van der Waals surface area contributed by atoms with E-state index in [-0.39, 0.29) is 17.5 Å². The molecule has 0 fully saturated rings. The van der Waals surface area contributed by atoms with Crippen molar-refractivity contribution in [1.82, 2.24) is 14.8 Å². The number of fused-ring (bicyclic) bond motifs is 2. The van der Waals surface area contributed by atoms with Crippen LogP contribution in [0.25, 0.3) is 16.7 Å². The summed E-state index contributed by atoms with van der Waals surface area (Å²) in [6.45, 7) is 2.05. The Morgan fingerprint density at radius 2 is 1.97 bits per heavy atom. The Hall–Kier alpha value is -3.54. The van der Waals surface area contributed by atoms with Crippen LogP contribution in [0, 0.1) is 12.7 Å². The van der Waals surface area contributed by atoms with E-state index in [0.717, 1.165) is 11.1 Å². The molecule has 0 bridgehead atoms. The van der Waals surface area contributed by atoms with Crippen molar-refractivity contribution in [1.29, 1.82) is 0 Å². The van der Waals surface area contributed by atoms with E-state index in [2.05, 4.69) is 24.2 Å². The van der Waals surface area contributed by atoms with Crippen molar-refractivity contribution in [3.05, 3.63) is 82.9 Å². The molecule has 0 spiro atoms. The largest absolute Gasteiger partial charge is 0.397 e. The van der Waals surface area contributed by atoms with Gasteiger partial charge in [-0.25, -0.2) is 14.1 Å². The second-order valence-corrected chi connectivity index (χ2v) is 7.51. The quantitative estimate of drug-likeness (QED) is 0.555. The summed E-state index contributed by atoms with van der Waals surface area (Å²) in [7, 11) is 0. The lowest BCUT2D eigenvalue weighted by atomic mass is 9.79. The van der Waals surface area contributed by atoms with Gasteiger partial charge in [0.1, 0.15) is 5.82 Å². The molecule has 0 saturated heterocycles. The van der Waals surface area contributed by atoms with E-state index in [1.54, 1.807) is 23.0 Å². The number of halogens is 1. The van der Waals surface area contributed by atoms with E-state index in [4.69, 9.17) is 10.7 Å². The van der Waals surface area contributed by atoms with Gasteiger partial charge in [-0.15, -0.1) is 0 Å². The highest BCUT2D eigenvalue weighted by atomic mass is 19.1. The zero-order valence-electron chi connectivity index (χ0n) is 15.9. The number of carbonyl (C=O) groups excluding carboxylic acids is 1. The standard InChI is InChI=1S/C23H19FN4O/c1-13-5-2-3-8-17(13)14-9-19-21(20(29)10-14)22(25)18-12-26-28(23(18)27-19)16-7-4-6-15(24)11-16/h2-8,11-12,14H,9-10H2,1H3,(H2,25,27). The molecule has 2 N–H and O–H groups in total. The first kappa shape index (κ1) is 17.6.